The molecule has 2 aromatic carbocycles. The molecule has 0 aliphatic rings. The van der Waals surface area contributed by atoms with Gasteiger partial charge in [0.1, 0.15) is 0 Å². The summed E-state index contributed by atoms with van der Waals surface area (Å²) in [4.78, 5) is 23.8. The van der Waals surface area contributed by atoms with Crippen LogP contribution in [0.15, 0.2) is 45.6 Å². The van der Waals surface area contributed by atoms with Gasteiger partial charge in [0.05, 0.1) is 5.52 Å². The van der Waals surface area contributed by atoms with Crippen LogP contribution in [0.2, 0.25) is 0 Å². The number of nitrogens with zero attached hydrogens (tertiary/aromatic N) is 1. The number of rotatable bonds is 3. The van der Waals surface area contributed by atoms with Crippen molar-refractivity contribution < 1.29 is 9.21 Å². The van der Waals surface area contributed by atoms with Gasteiger partial charge in [-0.2, -0.15) is 0 Å². The highest BCUT2D eigenvalue weighted by Gasteiger charge is 2.10. The molecule has 2 N–H and O–H groups in total. The topological polar surface area (TPSA) is 76.3 Å². The van der Waals surface area contributed by atoms with Crippen LogP contribution in [0.3, 0.4) is 0 Å². The molecule has 0 aliphatic heterocycles. The lowest BCUT2D eigenvalue weighted by atomic mass is 10.1. The quantitative estimate of drug-likeness (QED) is 0.767. The fourth-order valence-electron chi connectivity index (χ4n) is 2.56. The summed E-state index contributed by atoms with van der Waals surface area (Å²) in [5.74, 6) is -0.399. The Labute approximate surface area is 139 Å². The summed E-state index contributed by atoms with van der Waals surface area (Å²) in [7, 11) is 0. The van der Waals surface area contributed by atoms with E-state index in [2.05, 4.69) is 10.6 Å². The molecule has 24 heavy (non-hydrogen) atoms. The van der Waals surface area contributed by atoms with Crippen molar-refractivity contribution in [1.29, 1.82) is 0 Å². The average Bonchev–Trinajstić information content (AvgIpc) is 2.85. The fourth-order valence-corrected chi connectivity index (χ4v) is 2.56. The van der Waals surface area contributed by atoms with Crippen LogP contribution in [0.4, 0.5) is 16.2 Å². The minimum Gasteiger partial charge on any atom is -0.408 e. The Morgan fingerprint density at radius 3 is 2.38 bits per heavy atom. The Bertz CT molecular complexity index is 969. The van der Waals surface area contributed by atoms with Crippen LogP contribution in [0.1, 0.15) is 18.1 Å². The number of hydrogen-bond donors (Lipinski definition) is 2. The number of hydrogen-bond acceptors (Lipinski definition) is 3. The van der Waals surface area contributed by atoms with Gasteiger partial charge in [0.15, 0.2) is 5.58 Å². The van der Waals surface area contributed by atoms with Crippen molar-refractivity contribution in [3.63, 3.8) is 0 Å². The van der Waals surface area contributed by atoms with Gasteiger partial charge < -0.3 is 15.1 Å². The van der Waals surface area contributed by atoms with E-state index in [4.69, 9.17) is 4.42 Å². The van der Waals surface area contributed by atoms with Crippen LogP contribution >= 0.6 is 0 Å². The number of nitrogens with one attached hydrogen (secondary N) is 2. The zero-order valence-electron chi connectivity index (χ0n) is 13.8. The molecule has 1 heterocycles. The standard InChI is InChI=1S/C18H19N3O3/c1-4-21-15-8-7-14(10-16(15)24-18(21)23)20-17(22)19-13-6-5-11(2)12(3)9-13/h5-10H,4H2,1-3H3,(H2,19,20,22). The second-order valence-corrected chi connectivity index (χ2v) is 5.67. The molecular formula is C18H19N3O3. The van der Waals surface area contributed by atoms with Crippen molar-refractivity contribution >= 4 is 28.5 Å². The molecule has 6 heteroatoms. The van der Waals surface area contributed by atoms with E-state index in [1.807, 2.05) is 39.0 Å². The molecule has 0 spiro atoms. The molecule has 0 atom stereocenters. The third kappa shape index (κ3) is 3.03. The van der Waals surface area contributed by atoms with Gasteiger partial charge in [-0.25, -0.2) is 9.59 Å². The van der Waals surface area contributed by atoms with E-state index in [1.165, 1.54) is 10.1 Å². The van der Waals surface area contributed by atoms with Crippen molar-refractivity contribution in [3.8, 4) is 0 Å². The molecule has 0 unspecified atom stereocenters. The number of carbonyl (C=O) groups excluding carboxylic acids is 1. The highest BCUT2D eigenvalue weighted by atomic mass is 16.4. The Morgan fingerprint density at radius 2 is 1.71 bits per heavy atom. The van der Waals surface area contributed by atoms with Crippen LogP contribution in [0.25, 0.3) is 11.1 Å². The van der Waals surface area contributed by atoms with Crippen LogP contribution in [-0.4, -0.2) is 10.6 Å². The van der Waals surface area contributed by atoms with Crippen molar-refractivity contribution in [1.82, 2.24) is 4.57 Å². The molecule has 3 aromatic rings. The number of oxazole rings is 1. The van der Waals surface area contributed by atoms with Crippen LogP contribution < -0.4 is 16.4 Å². The highest BCUT2D eigenvalue weighted by Crippen LogP contribution is 2.19. The Kier molecular flexibility index (Phi) is 4.12. The van der Waals surface area contributed by atoms with Crippen LogP contribution in [0.5, 0.6) is 0 Å². The molecule has 3 rings (SSSR count). The molecule has 0 aliphatic carbocycles. The van der Waals surface area contributed by atoms with E-state index < -0.39 is 5.76 Å². The van der Waals surface area contributed by atoms with Gasteiger partial charge in [-0.05, 0) is 56.2 Å². The second-order valence-electron chi connectivity index (χ2n) is 5.67. The summed E-state index contributed by atoms with van der Waals surface area (Å²) in [5.41, 5.74) is 4.72. The van der Waals surface area contributed by atoms with E-state index in [-0.39, 0.29) is 6.03 Å². The number of amides is 2. The summed E-state index contributed by atoms with van der Waals surface area (Å²) in [5, 5.41) is 5.53. The van der Waals surface area contributed by atoms with E-state index in [0.717, 1.165) is 11.3 Å². The van der Waals surface area contributed by atoms with Crippen LogP contribution in [0, 0.1) is 13.8 Å². The molecule has 0 radical (unpaired) electrons. The van der Waals surface area contributed by atoms with Gasteiger partial charge in [0.2, 0.25) is 0 Å². The predicted octanol–water partition coefficient (Wildman–Crippen LogP) is 3.88. The van der Waals surface area contributed by atoms with Crippen molar-refractivity contribution in [3.05, 3.63) is 58.1 Å². The van der Waals surface area contributed by atoms with E-state index >= 15 is 0 Å². The van der Waals surface area contributed by atoms with E-state index in [0.29, 0.717) is 23.3 Å². The minimum absolute atomic E-state index is 0.352. The van der Waals surface area contributed by atoms with Crippen molar-refractivity contribution in [2.75, 3.05) is 10.6 Å². The van der Waals surface area contributed by atoms with Gasteiger partial charge in [0.25, 0.3) is 0 Å². The summed E-state index contributed by atoms with van der Waals surface area (Å²) in [6.07, 6.45) is 0. The molecule has 0 fully saturated rings. The first-order valence-corrected chi connectivity index (χ1v) is 7.76. The van der Waals surface area contributed by atoms with Crippen molar-refractivity contribution in [2.24, 2.45) is 0 Å². The summed E-state index contributed by atoms with van der Waals surface area (Å²) in [6.45, 7) is 6.42. The van der Waals surface area contributed by atoms with Gasteiger partial charge in [-0.15, -0.1) is 0 Å². The van der Waals surface area contributed by atoms with Crippen LogP contribution in [-0.2, 0) is 6.54 Å². The molecule has 0 saturated heterocycles. The minimum atomic E-state index is -0.399. The van der Waals surface area contributed by atoms with Crippen molar-refractivity contribution in [2.45, 2.75) is 27.3 Å². The summed E-state index contributed by atoms with van der Waals surface area (Å²) in [6, 6.07) is 10.5. The first kappa shape index (κ1) is 15.9. The number of aromatic nitrogens is 1. The van der Waals surface area contributed by atoms with Gasteiger partial charge in [-0.3, -0.25) is 4.57 Å². The second kappa shape index (κ2) is 6.23. The number of benzene rings is 2. The smallest absolute Gasteiger partial charge is 0.408 e. The monoisotopic (exact) mass is 325 g/mol. The maximum Gasteiger partial charge on any atom is 0.419 e. The number of fused-ring (bicyclic) bond motifs is 1. The van der Waals surface area contributed by atoms with Gasteiger partial charge >= 0.3 is 11.8 Å². The Morgan fingerprint density at radius 1 is 1.04 bits per heavy atom. The number of aryl methyl sites for hydroxylation is 3. The molecule has 0 bridgehead atoms. The number of anilines is 2. The Hall–Kier alpha value is -3.02. The maximum atomic E-state index is 12.1. The normalized spacial score (nSPS) is 10.8. The number of carbonyl (C=O) groups is 1. The molecule has 6 nitrogen and oxygen atoms in total. The lowest BCUT2D eigenvalue weighted by Gasteiger charge is -2.09. The third-order valence-electron chi connectivity index (χ3n) is 4.01. The zero-order valence-corrected chi connectivity index (χ0v) is 13.8. The summed E-state index contributed by atoms with van der Waals surface area (Å²) < 4.78 is 6.73. The molecule has 0 saturated carbocycles. The zero-order chi connectivity index (χ0) is 17.3. The molecule has 1 aromatic heterocycles. The third-order valence-corrected chi connectivity index (χ3v) is 4.01. The average molecular weight is 325 g/mol. The van der Waals surface area contributed by atoms with E-state index in [9.17, 15) is 9.59 Å². The first-order chi connectivity index (χ1) is 11.5. The summed E-state index contributed by atoms with van der Waals surface area (Å²) >= 11 is 0. The maximum absolute atomic E-state index is 12.1. The molecule has 2 amide bonds. The first-order valence-electron chi connectivity index (χ1n) is 7.76. The lowest BCUT2D eigenvalue weighted by molar-refractivity contribution is 0.262. The van der Waals surface area contributed by atoms with Gasteiger partial charge in [0, 0.05) is 24.0 Å². The molecule has 124 valence electrons. The predicted molar refractivity (Wildman–Crippen MR) is 94.7 cm³/mol. The lowest BCUT2D eigenvalue weighted by Crippen LogP contribution is -2.19. The largest absolute Gasteiger partial charge is 0.419 e. The number of urea groups is 1. The highest BCUT2D eigenvalue weighted by molar-refractivity contribution is 6.00. The molecular weight excluding hydrogens is 306 g/mol. The Balaban J connectivity index is 1.77. The fraction of sp³-hybridized carbons (Fsp3) is 0.222. The van der Waals surface area contributed by atoms with E-state index in [1.54, 1.807) is 18.2 Å². The SMILES string of the molecule is CCn1c(=O)oc2cc(NC(=O)Nc3ccc(C)c(C)c3)ccc21. The van der Waals surface area contributed by atoms with Gasteiger partial charge in [-0.1, -0.05) is 6.07 Å².